The topological polar surface area (TPSA) is 139 Å². The first kappa shape index (κ1) is 19.7. The van der Waals surface area contributed by atoms with Gasteiger partial charge in [-0.25, -0.2) is 9.97 Å². The van der Waals surface area contributed by atoms with Crippen molar-refractivity contribution in [3.63, 3.8) is 0 Å². The van der Waals surface area contributed by atoms with E-state index in [0.29, 0.717) is 27.6 Å². The molecule has 3 N–H and O–H groups in total. The number of anilines is 1. The molecule has 0 aliphatic rings. The van der Waals surface area contributed by atoms with Crippen molar-refractivity contribution in [3.05, 3.63) is 53.9 Å². The van der Waals surface area contributed by atoms with Gasteiger partial charge in [0.25, 0.3) is 5.91 Å². The molecule has 4 rings (SSSR count). The van der Waals surface area contributed by atoms with Gasteiger partial charge in [0.05, 0.1) is 11.2 Å². The number of carbonyl (C=O) groups excluding carboxylic acids is 1. The molecule has 1 amide bonds. The van der Waals surface area contributed by atoms with Crippen molar-refractivity contribution in [2.45, 2.75) is 12.5 Å². The molecular formula is C19H16ClN7O3. The molecule has 152 valence electrons. The largest absolute Gasteiger partial charge is 0.464 e. The zero-order valence-electron chi connectivity index (χ0n) is 15.5. The normalized spacial score (nSPS) is 11.9. The third kappa shape index (κ3) is 4.19. The van der Waals surface area contributed by atoms with Crippen LogP contribution >= 0.6 is 11.6 Å². The van der Waals surface area contributed by atoms with Crippen LogP contribution < -0.4 is 10.1 Å². The number of carbonyl (C=O) groups is 1. The number of rotatable bonds is 7. The number of nitrogens with zero attached hydrogens (tertiary/aromatic N) is 5. The minimum atomic E-state index is -1.03. The van der Waals surface area contributed by atoms with Gasteiger partial charge in [-0.3, -0.25) is 14.9 Å². The van der Waals surface area contributed by atoms with Crippen molar-refractivity contribution in [1.82, 2.24) is 30.1 Å². The monoisotopic (exact) mass is 425 g/mol. The number of amides is 1. The molecule has 1 atom stereocenters. The van der Waals surface area contributed by atoms with E-state index in [2.05, 4.69) is 35.5 Å². The lowest BCUT2D eigenvalue weighted by atomic mass is 10.2. The van der Waals surface area contributed by atoms with E-state index >= 15 is 0 Å². The molecule has 10 nitrogen and oxygen atoms in total. The van der Waals surface area contributed by atoms with Crippen LogP contribution in [0.4, 0.5) is 5.82 Å². The Morgan fingerprint density at radius 2 is 2.07 bits per heavy atom. The van der Waals surface area contributed by atoms with Crippen LogP contribution in [-0.2, 0) is 4.79 Å². The highest BCUT2D eigenvalue weighted by Crippen LogP contribution is 2.28. The van der Waals surface area contributed by atoms with Gasteiger partial charge in [0, 0.05) is 25.4 Å². The van der Waals surface area contributed by atoms with Gasteiger partial charge in [-0.15, -0.1) is 0 Å². The van der Waals surface area contributed by atoms with Gasteiger partial charge in [-0.1, -0.05) is 17.7 Å². The fourth-order valence-electron chi connectivity index (χ4n) is 2.69. The first-order valence-electron chi connectivity index (χ1n) is 8.97. The van der Waals surface area contributed by atoms with E-state index in [1.165, 1.54) is 6.20 Å². The predicted molar refractivity (Wildman–Crippen MR) is 109 cm³/mol. The van der Waals surface area contributed by atoms with Crippen molar-refractivity contribution < 1.29 is 14.6 Å². The number of hydrogen-bond donors (Lipinski definition) is 3. The number of aromatic amines is 1. The van der Waals surface area contributed by atoms with Gasteiger partial charge >= 0.3 is 0 Å². The first-order chi connectivity index (χ1) is 14.7. The van der Waals surface area contributed by atoms with E-state index in [-0.39, 0.29) is 24.7 Å². The van der Waals surface area contributed by atoms with Crippen LogP contribution in [-0.4, -0.2) is 53.9 Å². The van der Waals surface area contributed by atoms with Gasteiger partial charge in [-0.05, 0) is 24.3 Å². The van der Waals surface area contributed by atoms with Crippen LogP contribution in [0.1, 0.15) is 6.42 Å². The average molecular weight is 426 g/mol. The van der Waals surface area contributed by atoms with Crippen LogP contribution in [0.15, 0.2) is 48.9 Å². The Labute approximate surface area is 175 Å². The van der Waals surface area contributed by atoms with Gasteiger partial charge < -0.3 is 15.2 Å². The summed E-state index contributed by atoms with van der Waals surface area (Å²) in [6.07, 6.45) is 3.62. The highest BCUT2D eigenvalue weighted by molar-refractivity contribution is 6.32. The molecule has 0 unspecified atom stereocenters. The molecule has 11 heteroatoms. The quantitative estimate of drug-likeness (QED) is 0.409. The van der Waals surface area contributed by atoms with Crippen molar-refractivity contribution in [3.8, 4) is 17.4 Å². The summed E-state index contributed by atoms with van der Waals surface area (Å²) in [5.74, 6) is 0.210. The standard InChI is InChI=1S/C19H16ClN7O3/c20-12-4-3-8-22-15(12)17-25-16-11(10-23-27-16)19(26-17)30-13(6-9-28)18(29)24-14-5-1-2-7-21-14/h1-5,7-8,10,13,28H,6,9H2,(H,21,24,29)(H,23,25,26,27)/t13-/m0/s1. The van der Waals surface area contributed by atoms with Crippen LogP contribution in [0.2, 0.25) is 5.02 Å². The zero-order valence-corrected chi connectivity index (χ0v) is 16.2. The molecule has 0 bridgehead atoms. The number of pyridine rings is 2. The Kier molecular flexibility index (Phi) is 5.77. The summed E-state index contributed by atoms with van der Waals surface area (Å²) in [5, 5.41) is 19.6. The van der Waals surface area contributed by atoms with E-state index in [1.807, 2.05) is 0 Å². The van der Waals surface area contributed by atoms with E-state index in [0.717, 1.165) is 0 Å². The van der Waals surface area contributed by atoms with Gasteiger partial charge in [-0.2, -0.15) is 10.1 Å². The molecule has 0 spiro atoms. The van der Waals surface area contributed by atoms with Crippen LogP contribution in [0.25, 0.3) is 22.6 Å². The van der Waals surface area contributed by atoms with Gasteiger partial charge in [0.15, 0.2) is 17.6 Å². The molecule has 4 aromatic rings. The maximum absolute atomic E-state index is 12.7. The van der Waals surface area contributed by atoms with Crippen molar-refractivity contribution >= 4 is 34.4 Å². The minimum absolute atomic E-state index is 0.0433. The van der Waals surface area contributed by atoms with Crippen LogP contribution in [0, 0.1) is 0 Å². The predicted octanol–water partition coefficient (Wildman–Crippen LogP) is 2.23. The Morgan fingerprint density at radius 3 is 2.83 bits per heavy atom. The maximum atomic E-state index is 12.7. The molecule has 0 saturated heterocycles. The number of H-pyrrole nitrogens is 1. The molecular weight excluding hydrogens is 410 g/mol. The second kappa shape index (κ2) is 8.80. The number of hydrogen-bond acceptors (Lipinski definition) is 8. The summed E-state index contributed by atoms with van der Waals surface area (Å²) in [4.78, 5) is 29.8. The van der Waals surface area contributed by atoms with E-state index in [1.54, 1.807) is 42.7 Å². The van der Waals surface area contributed by atoms with Crippen molar-refractivity contribution in [2.75, 3.05) is 11.9 Å². The van der Waals surface area contributed by atoms with Gasteiger partial charge in [0.2, 0.25) is 5.88 Å². The smallest absolute Gasteiger partial charge is 0.266 e. The number of fused-ring (bicyclic) bond motifs is 1. The number of aliphatic hydroxyl groups is 1. The second-order valence-corrected chi connectivity index (χ2v) is 6.55. The molecule has 0 aliphatic heterocycles. The van der Waals surface area contributed by atoms with Crippen LogP contribution in [0.5, 0.6) is 5.88 Å². The number of halogens is 1. The lowest BCUT2D eigenvalue weighted by Gasteiger charge is -2.17. The number of aromatic nitrogens is 6. The third-order valence-electron chi connectivity index (χ3n) is 4.10. The summed E-state index contributed by atoms with van der Waals surface area (Å²) < 4.78 is 5.88. The molecule has 0 aliphatic carbocycles. The van der Waals surface area contributed by atoms with Crippen molar-refractivity contribution in [1.29, 1.82) is 0 Å². The SMILES string of the molecule is O=C(Nc1ccccn1)[C@H](CCO)Oc1nc(-c2ncccc2Cl)nc2[nH]ncc12. The Balaban J connectivity index is 1.67. The average Bonchev–Trinajstić information content (AvgIpc) is 3.23. The molecule has 30 heavy (non-hydrogen) atoms. The molecule has 0 fully saturated rings. The highest BCUT2D eigenvalue weighted by atomic mass is 35.5. The molecule has 0 radical (unpaired) electrons. The third-order valence-corrected chi connectivity index (χ3v) is 4.40. The first-order valence-corrected chi connectivity index (χ1v) is 9.35. The summed E-state index contributed by atoms with van der Waals surface area (Å²) in [6, 6.07) is 8.48. The Morgan fingerprint density at radius 1 is 1.20 bits per heavy atom. The minimum Gasteiger partial charge on any atom is -0.464 e. The summed E-state index contributed by atoms with van der Waals surface area (Å²) in [7, 11) is 0. The lowest BCUT2D eigenvalue weighted by Crippen LogP contribution is -2.34. The molecule has 0 saturated carbocycles. The fraction of sp³-hybridized carbons (Fsp3) is 0.158. The second-order valence-electron chi connectivity index (χ2n) is 6.14. The van der Waals surface area contributed by atoms with Crippen LogP contribution in [0.3, 0.4) is 0 Å². The molecule has 0 aromatic carbocycles. The molecule has 4 heterocycles. The highest BCUT2D eigenvalue weighted by Gasteiger charge is 2.24. The maximum Gasteiger partial charge on any atom is 0.266 e. The zero-order chi connectivity index (χ0) is 20.9. The number of ether oxygens (including phenoxy) is 1. The number of aliphatic hydroxyl groups excluding tert-OH is 1. The summed E-state index contributed by atoms with van der Waals surface area (Å²) >= 11 is 6.22. The van der Waals surface area contributed by atoms with E-state index in [4.69, 9.17) is 16.3 Å². The number of nitrogens with one attached hydrogen (secondary N) is 2. The van der Waals surface area contributed by atoms with Crippen molar-refractivity contribution in [2.24, 2.45) is 0 Å². The van der Waals surface area contributed by atoms with E-state index in [9.17, 15) is 9.90 Å². The lowest BCUT2D eigenvalue weighted by molar-refractivity contribution is -0.123. The summed E-state index contributed by atoms with van der Waals surface area (Å²) in [6.45, 7) is -0.265. The molecule has 4 aromatic heterocycles. The Bertz CT molecular complexity index is 1170. The Hall–Kier alpha value is -3.63. The van der Waals surface area contributed by atoms with E-state index < -0.39 is 12.0 Å². The summed E-state index contributed by atoms with van der Waals surface area (Å²) in [5.41, 5.74) is 0.752. The fourth-order valence-corrected chi connectivity index (χ4v) is 2.90. The van der Waals surface area contributed by atoms with Gasteiger partial charge in [0.1, 0.15) is 16.9 Å².